The van der Waals surface area contributed by atoms with E-state index in [1.807, 2.05) is 0 Å². The van der Waals surface area contributed by atoms with E-state index in [0.29, 0.717) is 22.7 Å². The maximum atomic E-state index is 5.70. The Balaban J connectivity index is 2.91. The summed E-state index contributed by atoms with van der Waals surface area (Å²) in [6.07, 6.45) is 9.05. The minimum absolute atomic E-state index is 0.329. The van der Waals surface area contributed by atoms with Gasteiger partial charge in [-0.15, -0.1) is 6.42 Å². The van der Waals surface area contributed by atoms with Gasteiger partial charge >= 0.3 is 0 Å². The van der Waals surface area contributed by atoms with Gasteiger partial charge in [0.05, 0.1) is 0 Å². The SMILES string of the molecule is C#CC(C(C)=CCC)C1C(C)(C)C1(C)C. The minimum Gasteiger partial charge on any atom is -0.119 e. The van der Waals surface area contributed by atoms with Gasteiger partial charge in [-0.3, -0.25) is 0 Å². The van der Waals surface area contributed by atoms with Crippen molar-refractivity contribution in [3.05, 3.63) is 11.6 Å². The van der Waals surface area contributed by atoms with E-state index in [-0.39, 0.29) is 0 Å². The van der Waals surface area contributed by atoms with Crippen molar-refractivity contribution in [3.8, 4) is 12.3 Å². The minimum atomic E-state index is 0.329. The molecule has 1 aliphatic carbocycles. The van der Waals surface area contributed by atoms with Gasteiger partial charge < -0.3 is 0 Å². The standard InChI is InChI=1S/C15H24/c1-8-10-11(3)12(9-2)13-14(4,5)15(13,6)7/h2,10,12-13H,8H2,1,3-7H3. The van der Waals surface area contributed by atoms with Crippen molar-refractivity contribution in [2.45, 2.75) is 48.0 Å². The summed E-state index contributed by atoms with van der Waals surface area (Å²) in [6.45, 7) is 13.7. The van der Waals surface area contributed by atoms with Crippen LogP contribution < -0.4 is 0 Å². The summed E-state index contributed by atoms with van der Waals surface area (Å²) in [7, 11) is 0. The molecule has 0 spiro atoms. The lowest BCUT2D eigenvalue weighted by atomic mass is 9.90. The van der Waals surface area contributed by atoms with Crippen LogP contribution in [0.4, 0.5) is 0 Å². The third-order valence-corrected chi connectivity index (χ3v) is 4.66. The molecule has 0 heterocycles. The Bertz CT molecular complexity index is 295. The molecule has 1 saturated carbocycles. The molecule has 1 rings (SSSR count). The van der Waals surface area contributed by atoms with Crippen molar-refractivity contribution in [3.63, 3.8) is 0 Å². The number of allylic oxidation sites excluding steroid dienone is 2. The molecule has 0 aromatic carbocycles. The number of rotatable bonds is 3. The molecule has 0 bridgehead atoms. The summed E-state index contributed by atoms with van der Waals surface area (Å²) >= 11 is 0. The van der Waals surface area contributed by atoms with Crippen molar-refractivity contribution < 1.29 is 0 Å². The van der Waals surface area contributed by atoms with E-state index in [0.717, 1.165) is 6.42 Å². The number of terminal acetylenes is 1. The molecule has 1 atom stereocenters. The topological polar surface area (TPSA) is 0 Å². The van der Waals surface area contributed by atoms with Gasteiger partial charge in [0.2, 0.25) is 0 Å². The predicted octanol–water partition coefficient (Wildman–Crippen LogP) is 4.27. The third-order valence-electron chi connectivity index (χ3n) is 4.66. The maximum Gasteiger partial charge on any atom is 0.0445 e. The zero-order valence-corrected chi connectivity index (χ0v) is 11.0. The lowest BCUT2D eigenvalue weighted by Crippen LogP contribution is -2.07. The summed E-state index contributed by atoms with van der Waals surface area (Å²) in [5.41, 5.74) is 2.14. The molecule has 0 aliphatic heterocycles. The van der Waals surface area contributed by atoms with Crippen LogP contribution in [0.25, 0.3) is 0 Å². The normalized spacial score (nSPS) is 25.8. The summed E-state index contributed by atoms with van der Waals surface area (Å²) in [5, 5.41) is 0. The van der Waals surface area contributed by atoms with Crippen molar-refractivity contribution >= 4 is 0 Å². The summed E-state index contributed by atoms with van der Waals surface area (Å²) < 4.78 is 0. The molecule has 0 amide bonds. The van der Waals surface area contributed by atoms with E-state index >= 15 is 0 Å². The highest BCUT2D eigenvalue weighted by molar-refractivity contribution is 5.27. The van der Waals surface area contributed by atoms with Gasteiger partial charge in [0, 0.05) is 5.92 Å². The quantitative estimate of drug-likeness (QED) is 0.475. The molecule has 1 unspecified atom stereocenters. The summed E-state index contributed by atoms with van der Waals surface area (Å²) in [6, 6.07) is 0. The van der Waals surface area contributed by atoms with Crippen LogP contribution in [-0.4, -0.2) is 0 Å². The van der Waals surface area contributed by atoms with Crippen LogP contribution in [0.1, 0.15) is 48.0 Å². The van der Waals surface area contributed by atoms with Gasteiger partial charge in [-0.05, 0) is 30.1 Å². The lowest BCUT2D eigenvalue weighted by molar-refractivity contribution is 0.457. The highest BCUT2D eigenvalue weighted by Crippen LogP contribution is 2.71. The lowest BCUT2D eigenvalue weighted by Gasteiger charge is -2.13. The Morgan fingerprint density at radius 3 is 2.07 bits per heavy atom. The van der Waals surface area contributed by atoms with Crippen LogP contribution in [0, 0.1) is 35.0 Å². The Morgan fingerprint density at radius 2 is 1.80 bits per heavy atom. The second-order valence-electron chi connectivity index (χ2n) is 5.92. The molecule has 0 aromatic rings. The largest absolute Gasteiger partial charge is 0.119 e. The van der Waals surface area contributed by atoms with Crippen LogP contribution >= 0.6 is 0 Å². The summed E-state index contributed by atoms with van der Waals surface area (Å²) in [4.78, 5) is 0. The van der Waals surface area contributed by atoms with E-state index in [2.05, 4.69) is 53.5 Å². The Hall–Kier alpha value is -0.700. The maximum absolute atomic E-state index is 5.70. The molecule has 0 saturated heterocycles. The first kappa shape index (κ1) is 12.4. The Morgan fingerprint density at radius 1 is 1.33 bits per heavy atom. The van der Waals surface area contributed by atoms with Gasteiger partial charge in [-0.2, -0.15) is 0 Å². The van der Waals surface area contributed by atoms with Crippen molar-refractivity contribution in [1.82, 2.24) is 0 Å². The van der Waals surface area contributed by atoms with Gasteiger partial charge in [0.1, 0.15) is 0 Å². The summed E-state index contributed by atoms with van der Waals surface area (Å²) in [5.74, 6) is 3.96. The molecule has 0 nitrogen and oxygen atoms in total. The first-order valence-electron chi connectivity index (χ1n) is 5.93. The van der Waals surface area contributed by atoms with Crippen molar-refractivity contribution in [2.75, 3.05) is 0 Å². The van der Waals surface area contributed by atoms with Crippen LogP contribution in [0.2, 0.25) is 0 Å². The van der Waals surface area contributed by atoms with Crippen LogP contribution in [-0.2, 0) is 0 Å². The monoisotopic (exact) mass is 204 g/mol. The van der Waals surface area contributed by atoms with Crippen molar-refractivity contribution in [1.29, 1.82) is 0 Å². The highest BCUT2D eigenvalue weighted by Gasteiger charge is 2.66. The fraction of sp³-hybridized carbons (Fsp3) is 0.733. The van der Waals surface area contributed by atoms with E-state index in [1.54, 1.807) is 0 Å². The molecular weight excluding hydrogens is 180 g/mol. The fourth-order valence-corrected chi connectivity index (χ4v) is 3.02. The molecular formula is C15H24. The van der Waals surface area contributed by atoms with Crippen LogP contribution in [0.5, 0.6) is 0 Å². The average Bonchev–Trinajstić information content (AvgIpc) is 2.50. The zero-order valence-electron chi connectivity index (χ0n) is 11.0. The number of hydrogen-bond acceptors (Lipinski definition) is 0. The smallest absolute Gasteiger partial charge is 0.0445 e. The molecule has 0 heteroatoms. The average molecular weight is 204 g/mol. The first-order valence-corrected chi connectivity index (χ1v) is 5.93. The third kappa shape index (κ3) is 1.73. The van der Waals surface area contributed by atoms with E-state index in [1.165, 1.54) is 5.57 Å². The predicted molar refractivity (Wildman–Crippen MR) is 67.4 cm³/mol. The van der Waals surface area contributed by atoms with Crippen LogP contribution in [0.15, 0.2) is 11.6 Å². The highest BCUT2D eigenvalue weighted by atomic mass is 14.7. The molecule has 0 radical (unpaired) electrons. The van der Waals surface area contributed by atoms with E-state index in [9.17, 15) is 0 Å². The molecule has 15 heavy (non-hydrogen) atoms. The van der Waals surface area contributed by atoms with Crippen LogP contribution in [0.3, 0.4) is 0 Å². The molecule has 0 N–H and O–H groups in total. The van der Waals surface area contributed by atoms with Gasteiger partial charge in [-0.25, -0.2) is 0 Å². The first-order chi connectivity index (χ1) is 6.80. The van der Waals surface area contributed by atoms with E-state index < -0.39 is 0 Å². The molecule has 0 aromatic heterocycles. The molecule has 1 aliphatic rings. The second kappa shape index (κ2) is 3.71. The second-order valence-corrected chi connectivity index (χ2v) is 5.92. The van der Waals surface area contributed by atoms with Crippen molar-refractivity contribution in [2.24, 2.45) is 22.7 Å². The fourth-order valence-electron chi connectivity index (χ4n) is 3.02. The number of hydrogen-bond donors (Lipinski definition) is 0. The Labute approximate surface area is 95.2 Å². The Kier molecular flexibility index (Phi) is 3.06. The van der Waals surface area contributed by atoms with Gasteiger partial charge in [0.15, 0.2) is 0 Å². The van der Waals surface area contributed by atoms with Gasteiger partial charge in [0.25, 0.3) is 0 Å². The zero-order chi connectivity index (χ0) is 11.9. The molecule has 1 fully saturated rings. The van der Waals surface area contributed by atoms with Gasteiger partial charge in [-0.1, -0.05) is 52.2 Å². The molecule has 84 valence electrons. The van der Waals surface area contributed by atoms with E-state index in [4.69, 9.17) is 6.42 Å².